The van der Waals surface area contributed by atoms with Crippen LogP contribution in [0.1, 0.15) is 26.3 Å². The Hall–Kier alpha value is -8.35. The number of fused-ring (bicyclic) bond motifs is 2. The third kappa shape index (κ3) is 8.92. The minimum atomic E-state index is -1.09. The van der Waals surface area contributed by atoms with Gasteiger partial charge in [-0.25, -0.2) is 10.1 Å². The van der Waals surface area contributed by atoms with Crippen LogP contribution in [0, 0.1) is 0 Å². The first kappa shape index (κ1) is 41.4. The quantitative estimate of drug-likeness (QED) is 0.00923. The smallest absolute Gasteiger partial charge is 0.351 e. The number of azo groups is 2. The molecule has 8 aromatic carbocycles. The number of hydrogen-bond acceptors (Lipinski definition) is 17. The van der Waals surface area contributed by atoms with Crippen LogP contribution in [0.25, 0.3) is 21.5 Å². The monoisotopic (exact) mass is 861 g/mol. The van der Waals surface area contributed by atoms with Gasteiger partial charge in [0.05, 0.1) is 33.9 Å². The molecular weight excluding hydrogens is 831 g/mol. The van der Waals surface area contributed by atoms with E-state index in [4.69, 9.17) is 20.5 Å². The number of hydrogen-bond donors (Lipinski definition) is 6. The highest BCUT2D eigenvalue weighted by Gasteiger charge is 2.23. The van der Waals surface area contributed by atoms with Crippen LogP contribution < -0.4 is 15.2 Å². The SMILES string of the molecule is Nc1ccc2cc(SOOO)c(N=Nc3ccc(N=Nc4ccc(O)c(C(=O)Oc5ccc(Oc6ccc(C(=O)c7ccccc7)c(O)c6)cc5)c4O)c4ccccc34)c(O)c2c1. The van der Waals surface area contributed by atoms with Crippen LogP contribution in [0.4, 0.5) is 28.4 Å². The van der Waals surface area contributed by atoms with Gasteiger partial charge in [0.2, 0.25) is 0 Å². The van der Waals surface area contributed by atoms with Crippen LogP contribution in [0.2, 0.25) is 0 Å². The Bertz CT molecular complexity index is 3110. The molecule has 0 aromatic heterocycles. The standard InChI is InChI=1S/C46H31N5O11S/c47-27-11-10-26-22-40(63-62-61-58)42(44(55)34(26)23-27)51-49-36-19-18-35(31-8-4-5-9-32(31)36)48-50-37-20-21-38(52)41(45(37)56)46(57)60-29-14-12-28(13-15-29)59-30-16-17-33(39(53)24-30)43(54)25-6-2-1-3-7-25/h1-24,52-53,55-56,58H,47H2. The molecule has 0 spiro atoms. The van der Waals surface area contributed by atoms with E-state index in [1.807, 2.05) is 0 Å². The maximum Gasteiger partial charge on any atom is 0.351 e. The number of esters is 1. The minimum Gasteiger partial charge on any atom is -0.507 e. The van der Waals surface area contributed by atoms with Gasteiger partial charge in [0.25, 0.3) is 0 Å². The van der Waals surface area contributed by atoms with E-state index in [2.05, 4.69) is 29.8 Å². The van der Waals surface area contributed by atoms with E-state index in [0.29, 0.717) is 62.0 Å². The van der Waals surface area contributed by atoms with E-state index >= 15 is 0 Å². The van der Waals surface area contributed by atoms with Crippen molar-refractivity contribution in [2.24, 2.45) is 20.5 Å². The lowest BCUT2D eigenvalue weighted by atomic mass is 10.0. The van der Waals surface area contributed by atoms with Crippen LogP contribution in [-0.2, 0) is 9.37 Å². The second-order valence-electron chi connectivity index (χ2n) is 13.5. The number of nitrogens with zero attached hydrogens (tertiary/aromatic N) is 4. The molecule has 8 aromatic rings. The maximum absolute atomic E-state index is 13.3. The Balaban J connectivity index is 0.984. The Morgan fingerprint density at radius 2 is 1.21 bits per heavy atom. The topological polar surface area (TPSA) is 248 Å². The molecule has 0 atom stereocenters. The van der Waals surface area contributed by atoms with Crippen LogP contribution in [-0.4, -0.2) is 37.4 Å². The molecule has 0 aliphatic rings. The fourth-order valence-corrected chi connectivity index (χ4v) is 6.95. The molecule has 0 heterocycles. The minimum absolute atomic E-state index is 0.0186. The average molecular weight is 862 g/mol. The number of nitrogen functional groups attached to an aromatic ring is 1. The van der Waals surface area contributed by atoms with Crippen molar-refractivity contribution in [3.05, 3.63) is 162 Å². The molecule has 16 nitrogen and oxygen atoms in total. The molecule has 0 saturated carbocycles. The summed E-state index contributed by atoms with van der Waals surface area (Å²) < 4.78 is 15.9. The molecule has 17 heteroatoms. The van der Waals surface area contributed by atoms with Gasteiger partial charge in [-0.3, -0.25) is 4.79 Å². The van der Waals surface area contributed by atoms with Crippen LogP contribution in [0.3, 0.4) is 0 Å². The highest BCUT2D eigenvalue weighted by atomic mass is 32.2. The van der Waals surface area contributed by atoms with E-state index in [1.54, 1.807) is 91.0 Å². The van der Waals surface area contributed by atoms with E-state index < -0.39 is 23.0 Å². The summed E-state index contributed by atoms with van der Waals surface area (Å²) in [5.41, 5.74) is 6.95. The van der Waals surface area contributed by atoms with Crippen molar-refractivity contribution in [2.45, 2.75) is 4.90 Å². The van der Waals surface area contributed by atoms with E-state index in [1.165, 1.54) is 48.5 Å². The maximum atomic E-state index is 13.3. The number of benzene rings is 8. The molecule has 0 aliphatic heterocycles. The van der Waals surface area contributed by atoms with Gasteiger partial charge in [0, 0.05) is 33.5 Å². The first-order valence-electron chi connectivity index (χ1n) is 18.6. The molecule has 0 fully saturated rings. The summed E-state index contributed by atoms with van der Waals surface area (Å²) in [6.07, 6.45) is 0. The number of carbonyl (C=O) groups is 2. The number of phenolic OH excluding ortho intramolecular Hbond substituents is 4. The number of ether oxygens (including phenoxy) is 2. The fourth-order valence-electron chi connectivity index (χ4n) is 6.46. The lowest BCUT2D eigenvalue weighted by Crippen LogP contribution is -2.09. The van der Waals surface area contributed by atoms with Crippen molar-refractivity contribution in [3.8, 4) is 40.2 Å². The highest BCUT2D eigenvalue weighted by molar-refractivity contribution is 7.94. The van der Waals surface area contributed by atoms with Crippen molar-refractivity contribution >= 4 is 73.8 Å². The summed E-state index contributed by atoms with van der Waals surface area (Å²) in [7, 11) is 0. The Kier molecular flexibility index (Phi) is 11.9. The van der Waals surface area contributed by atoms with Gasteiger partial charge < -0.3 is 35.6 Å². The molecular formula is C46H31N5O11S. The van der Waals surface area contributed by atoms with Crippen molar-refractivity contribution in [1.29, 1.82) is 0 Å². The molecule has 312 valence electrons. The van der Waals surface area contributed by atoms with Crippen LogP contribution in [0.15, 0.2) is 171 Å². The molecule has 8 rings (SSSR count). The van der Waals surface area contributed by atoms with E-state index in [9.17, 15) is 30.0 Å². The lowest BCUT2D eigenvalue weighted by Gasteiger charge is -2.11. The summed E-state index contributed by atoms with van der Waals surface area (Å²) in [6.45, 7) is 0. The molecule has 0 aliphatic carbocycles. The predicted octanol–water partition coefficient (Wildman–Crippen LogP) is 11.9. The number of ketones is 1. The second-order valence-corrected chi connectivity index (χ2v) is 14.2. The van der Waals surface area contributed by atoms with Gasteiger partial charge in [0.1, 0.15) is 45.7 Å². The predicted molar refractivity (Wildman–Crippen MR) is 232 cm³/mol. The molecule has 0 amide bonds. The zero-order valence-electron chi connectivity index (χ0n) is 32.3. The average Bonchev–Trinajstić information content (AvgIpc) is 3.29. The van der Waals surface area contributed by atoms with Gasteiger partial charge >= 0.3 is 5.97 Å². The van der Waals surface area contributed by atoms with Crippen LogP contribution in [0.5, 0.6) is 40.2 Å². The Morgan fingerprint density at radius 3 is 1.90 bits per heavy atom. The van der Waals surface area contributed by atoms with Gasteiger partial charge in [-0.15, -0.1) is 24.8 Å². The summed E-state index contributed by atoms with van der Waals surface area (Å²) in [5.74, 6) is -2.56. The van der Waals surface area contributed by atoms with Crippen molar-refractivity contribution in [3.63, 3.8) is 0 Å². The van der Waals surface area contributed by atoms with Crippen molar-refractivity contribution in [1.82, 2.24) is 0 Å². The summed E-state index contributed by atoms with van der Waals surface area (Å²) in [5, 5.41) is 75.3. The number of carbonyl (C=O) groups excluding carboxylic acids is 2. The summed E-state index contributed by atoms with van der Waals surface area (Å²) >= 11 is 0.604. The Morgan fingerprint density at radius 1 is 0.571 bits per heavy atom. The first-order chi connectivity index (χ1) is 30.6. The normalized spacial score (nSPS) is 11.4. The lowest BCUT2D eigenvalue weighted by molar-refractivity contribution is -0.432. The van der Waals surface area contributed by atoms with Crippen molar-refractivity contribution in [2.75, 3.05) is 5.73 Å². The molecule has 7 N–H and O–H groups in total. The second kappa shape index (κ2) is 18.1. The summed E-state index contributed by atoms with van der Waals surface area (Å²) in [4.78, 5) is 26.3. The number of aromatic hydroxyl groups is 4. The third-order valence-corrected chi connectivity index (χ3v) is 10.1. The number of nitrogens with two attached hydrogens (primary N) is 1. The Labute approximate surface area is 360 Å². The van der Waals surface area contributed by atoms with Gasteiger partial charge in [0.15, 0.2) is 17.3 Å². The number of rotatable bonds is 13. The molecule has 0 radical (unpaired) electrons. The molecule has 0 saturated heterocycles. The van der Waals surface area contributed by atoms with Gasteiger partial charge in [-0.05, 0) is 84.2 Å². The molecule has 0 unspecified atom stereocenters. The number of anilines is 1. The molecule has 0 bridgehead atoms. The zero-order valence-corrected chi connectivity index (χ0v) is 33.1. The third-order valence-electron chi connectivity index (χ3n) is 9.49. The van der Waals surface area contributed by atoms with Gasteiger partial charge in [-0.1, -0.05) is 65.7 Å². The largest absolute Gasteiger partial charge is 0.507 e. The van der Waals surface area contributed by atoms with Crippen LogP contribution >= 0.6 is 12.0 Å². The van der Waals surface area contributed by atoms with Gasteiger partial charge in [-0.2, -0.15) is 0 Å². The highest BCUT2D eigenvalue weighted by Crippen LogP contribution is 2.45. The zero-order chi connectivity index (χ0) is 44.0. The number of phenols is 4. The van der Waals surface area contributed by atoms with E-state index in [0.717, 1.165) is 6.07 Å². The van der Waals surface area contributed by atoms with E-state index in [-0.39, 0.29) is 50.6 Å². The summed E-state index contributed by atoms with van der Waals surface area (Å²) in [6, 6.07) is 38.0. The first-order valence-corrected chi connectivity index (χ1v) is 19.3. The van der Waals surface area contributed by atoms with Crippen molar-refractivity contribution < 1.29 is 54.1 Å². The molecule has 63 heavy (non-hydrogen) atoms. The fraction of sp³-hybridized carbons (Fsp3) is 0.